The van der Waals surface area contributed by atoms with E-state index >= 15 is 0 Å². The second kappa shape index (κ2) is 6.27. The quantitative estimate of drug-likeness (QED) is 0.486. The van der Waals surface area contributed by atoms with Gasteiger partial charge in [0.25, 0.3) is 0 Å². The van der Waals surface area contributed by atoms with Gasteiger partial charge in [0, 0.05) is 33.1 Å². The van der Waals surface area contributed by atoms with Crippen molar-refractivity contribution in [1.82, 2.24) is 9.80 Å². The number of piperazine rings is 1. The summed E-state index contributed by atoms with van der Waals surface area (Å²) in [5.41, 5.74) is 0. The summed E-state index contributed by atoms with van der Waals surface area (Å²) in [6.07, 6.45) is -6.10. The summed E-state index contributed by atoms with van der Waals surface area (Å²) in [7, 11) is 0. The van der Waals surface area contributed by atoms with Crippen molar-refractivity contribution in [3.8, 4) is 0 Å². The van der Waals surface area contributed by atoms with Crippen LogP contribution < -0.4 is 0 Å². The molecule has 0 aliphatic carbocycles. The minimum atomic E-state index is -6.63. The van der Waals surface area contributed by atoms with Gasteiger partial charge in [0.2, 0.25) is 0 Å². The molecule has 0 aromatic carbocycles. The van der Waals surface area contributed by atoms with Gasteiger partial charge in [-0.3, -0.25) is 0 Å². The van der Waals surface area contributed by atoms with Crippen LogP contribution in [0.2, 0.25) is 0 Å². The van der Waals surface area contributed by atoms with Gasteiger partial charge in [-0.25, -0.2) is 9.80 Å². The van der Waals surface area contributed by atoms with Gasteiger partial charge < -0.3 is 0 Å². The first-order chi connectivity index (χ1) is 11.2. The summed E-state index contributed by atoms with van der Waals surface area (Å²) >= 11 is 0. The molecule has 0 aromatic rings. The highest BCUT2D eigenvalue weighted by Gasteiger charge is 2.80. The summed E-state index contributed by atoms with van der Waals surface area (Å²) in [5, 5.41) is 0. The predicted octanol–water partition coefficient (Wildman–Crippen LogP) is 4.28. The molecular formula is C11H11F13N2. The van der Waals surface area contributed by atoms with Crippen molar-refractivity contribution in [1.29, 1.82) is 0 Å². The molecule has 0 N–H and O–H groups in total. The summed E-state index contributed by atoms with van der Waals surface area (Å²) in [6.45, 7) is -7.07. The zero-order valence-corrected chi connectivity index (χ0v) is 12.6. The average molecular weight is 418 g/mol. The Kier molecular flexibility index (Phi) is 5.56. The third kappa shape index (κ3) is 3.43. The Morgan fingerprint density at radius 2 is 0.808 bits per heavy atom. The molecule has 0 spiro atoms. The minimum absolute atomic E-state index is 0.662. The van der Waals surface area contributed by atoms with Crippen molar-refractivity contribution >= 4 is 0 Å². The van der Waals surface area contributed by atoms with E-state index in [1.807, 2.05) is 0 Å². The fraction of sp³-hybridized carbons (Fsp3) is 1.00. The van der Waals surface area contributed by atoms with E-state index in [1.54, 1.807) is 0 Å². The van der Waals surface area contributed by atoms with Gasteiger partial charge in [-0.05, 0) is 0 Å². The van der Waals surface area contributed by atoms with Crippen LogP contribution in [0.5, 0.6) is 0 Å². The fourth-order valence-electron chi connectivity index (χ4n) is 2.11. The molecule has 1 rings (SSSR count). The standard InChI is InChI=1S/C11H11F13N2/c1-6(12,13)7(14,15)8(16,17)10(21,22)25-2-4-26(5-3-25)11(23,24)9(18,19)20/h2-5H2,1H3. The minimum Gasteiger partial charge on any atom is -0.236 e. The van der Waals surface area contributed by atoms with Crippen LogP contribution in [0, 0.1) is 0 Å². The van der Waals surface area contributed by atoms with Crippen LogP contribution in [0.15, 0.2) is 0 Å². The van der Waals surface area contributed by atoms with E-state index in [1.165, 1.54) is 0 Å². The lowest BCUT2D eigenvalue weighted by atomic mass is 10.0. The molecule has 2 nitrogen and oxygen atoms in total. The highest BCUT2D eigenvalue weighted by Crippen LogP contribution is 2.53. The third-order valence-electron chi connectivity index (χ3n) is 3.74. The first kappa shape index (κ1) is 23.0. The number of nitrogens with zero attached hydrogens (tertiary/aromatic N) is 2. The Labute approximate surface area is 137 Å². The van der Waals surface area contributed by atoms with Crippen LogP contribution in [-0.4, -0.2) is 72.0 Å². The highest BCUT2D eigenvalue weighted by atomic mass is 19.4. The summed E-state index contributed by atoms with van der Waals surface area (Å²) < 4.78 is 168. The molecule has 0 unspecified atom stereocenters. The van der Waals surface area contributed by atoms with Gasteiger partial charge in [0.15, 0.2) is 0 Å². The van der Waals surface area contributed by atoms with Crippen LogP contribution >= 0.6 is 0 Å². The first-order valence-electron chi connectivity index (χ1n) is 6.67. The van der Waals surface area contributed by atoms with Crippen LogP contribution in [0.3, 0.4) is 0 Å². The zero-order valence-electron chi connectivity index (χ0n) is 12.6. The summed E-state index contributed by atoms with van der Waals surface area (Å²) in [5.74, 6) is -18.7. The molecular weight excluding hydrogens is 407 g/mol. The predicted molar refractivity (Wildman–Crippen MR) is 59.6 cm³/mol. The van der Waals surface area contributed by atoms with Crippen molar-refractivity contribution in [3.63, 3.8) is 0 Å². The van der Waals surface area contributed by atoms with E-state index in [0.29, 0.717) is 0 Å². The molecule has 26 heavy (non-hydrogen) atoms. The Morgan fingerprint density at radius 3 is 1.08 bits per heavy atom. The molecule has 1 aliphatic rings. The normalized spacial score (nSPS) is 20.5. The molecule has 0 atom stereocenters. The highest BCUT2D eigenvalue weighted by molar-refractivity contribution is 5.02. The van der Waals surface area contributed by atoms with Gasteiger partial charge >= 0.3 is 36.0 Å². The Balaban J connectivity index is 3.02. The van der Waals surface area contributed by atoms with E-state index in [9.17, 15) is 57.1 Å². The number of alkyl halides is 13. The van der Waals surface area contributed by atoms with Gasteiger partial charge in [-0.2, -0.15) is 57.1 Å². The van der Waals surface area contributed by atoms with Gasteiger partial charge in [0.05, 0.1) is 0 Å². The van der Waals surface area contributed by atoms with Gasteiger partial charge in [0.1, 0.15) is 0 Å². The molecule has 156 valence electrons. The van der Waals surface area contributed by atoms with E-state index in [4.69, 9.17) is 0 Å². The van der Waals surface area contributed by atoms with Crippen molar-refractivity contribution in [2.45, 2.75) is 43.0 Å². The molecule has 0 radical (unpaired) electrons. The topological polar surface area (TPSA) is 6.48 Å². The maximum Gasteiger partial charge on any atom is 0.469 e. The molecule has 15 heteroatoms. The fourth-order valence-corrected chi connectivity index (χ4v) is 2.11. The maximum absolute atomic E-state index is 13.7. The van der Waals surface area contributed by atoms with Crippen LogP contribution in [0.4, 0.5) is 57.1 Å². The lowest BCUT2D eigenvalue weighted by molar-refractivity contribution is -0.398. The van der Waals surface area contributed by atoms with Crippen molar-refractivity contribution < 1.29 is 57.1 Å². The number of halogens is 13. The molecule has 0 amide bonds. The van der Waals surface area contributed by atoms with Crippen molar-refractivity contribution in [3.05, 3.63) is 0 Å². The monoisotopic (exact) mass is 418 g/mol. The lowest BCUT2D eigenvalue weighted by Gasteiger charge is -2.45. The molecule has 0 aromatic heterocycles. The van der Waals surface area contributed by atoms with E-state index in [-0.39, 0.29) is 0 Å². The van der Waals surface area contributed by atoms with Crippen LogP contribution in [0.25, 0.3) is 0 Å². The molecule has 0 saturated carbocycles. The van der Waals surface area contributed by atoms with E-state index in [2.05, 4.69) is 0 Å². The van der Waals surface area contributed by atoms with E-state index < -0.39 is 78.9 Å². The SMILES string of the molecule is CC(F)(F)C(F)(F)C(F)(F)C(F)(F)N1CCN(C(F)(F)C(F)(F)F)CC1. The smallest absolute Gasteiger partial charge is 0.236 e. The number of hydrogen-bond acceptors (Lipinski definition) is 2. The second-order valence-corrected chi connectivity index (χ2v) is 5.59. The molecule has 1 fully saturated rings. The first-order valence-corrected chi connectivity index (χ1v) is 6.67. The lowest BCUT2D eigenvalue weighted by Crippen LogP contribution is -2.70. The number of hydrogen-bond donors (Lipinski definition) is 0. The molecule has 0 bridgehead atoms. The molecule has 1 saturated heterocycles. The van der Waals surface area contributed by atoms with Gasteiger partial charge in [-0.15, -0.1) is 0 Å². The van der Waals surface area contributed by atoms with Crippen LogP contribution in [0.1, 0.15) is 6.92 Å². The summed E-state index contributed by atoms with van der Waals surface area (Å²) in [4.78, 5) is -1.50. The van der Waals surface area contributed by atoms with Gasteiger partial charge in [-0.1, -0.05) is 0 Å². The van der Waals surface area contributed by atoms with E-state index in [0.717, 1.165) is 0 Å². The maximum atomic E-state index is 13.7. The molecule has 1 heterocycles. The summed E-state index contributed by atoms with van der Waals surface area (Å²) in [6, 6.07) is -11.4. The Hall–Kier alpha value is -0.990. The zero-order chi connectivity index (χ0) is 21.0. The van der Waals surface area contributed by atoms with Crippen molar-refractivity contribution in [2.75, 3.05) is 26.2 Å². The number of rotatable bonds is 5. The van der Waals surface area contributed by atoms with Crippen molar-refractivity contribution in [2.24, 2.45) is 0 Å². The Bertz CT molecular complexity index is 499. The molecule has 1 aliphatic heterocycles. The average Bonchev–Trinajstić information content (AvgIpc) is 2.44. The second-order valence-electron chi connectivity index (χ2n) is 5.59. The van der Waals surface area contributed by atoms with Crippen LogP contribution in [-0.2, 0) is 0 Å². The third-order valence-corrected chi connectivity index (χ3v) is 3.74. The largest absolute Gasteiger partial charge is 0.469 e. The Morgan fingerprint density at radius 1 is 0.500 bits per heavy atom.